The van der Waals surface area contributed by atoms with Gasteiger partial charge in [0.05, 0.1) is 5.92 Å². The fraction of sp³-hybridized carbons (Fsp3) is 0.312. The van der Waals surface area contributed by atoms with Crippen molar-refractivity contribution in [1.29, 1.82) is 0 Å². The number of nitrogens with zero attached hydrogens (tertiary/aromatic N) is 2. The van der Waals surface area contributed by atoms with Crippen molar-refractivity contribution in [2.75, 3.05) is 13.6 Å². The van der Waals surface area contributed by atoms with Crippen LogP contribution in [0, 0.1) is 12.8 Å². The number of benzene rings is 1. The van der Waals surface area contributed by atoms with Crippen LogP contribution < -0.4 is 0 Å². The summed E-state index contributed by atoms with van der Waals surface area (Å²) in [5.74, 6) is -1.89. The summed E-state index contributed by atoms with van der Waals surface area (Å²) in [6.45, 7) is 3.64. The first-order valence-electron chi connectivity index (χ1n) is 6.90. The first-order chi connectivity index (χ1) is 10.4. The standard InChI is InChI=1S/C16H18N2O4/c1-10-4-6-12(7-5-10)13-8-14(22-17-13)15(19)18(3)9-11(2)16(20)21/h4-8,11H,9H2,1-3H3,(H,20,21). The van der Waals surface area contributed by atoms with Gasteiger partial charge in [0.15, 0.2) is 0 Å². The molecular weight excluding hydrogens is 284 g/mol. The minimum atomic E-state index is -0.947. The third-order valence-corrected chi connectivity index (χ3v) is 3.38. The Kier molecular flexibility index (Phi) is 4.60. The molecule has 1 N–H and O–H groups in total. The van der Waals surface area contributed by atoms with Gasteiger partial charge in [-0.25, -0.2) is 0 Å². The van der Waals surface area contributed by atoms with Gasteiger partial charge in [-0.15, -0.1) is 0 Å². The highest BCUT2D eigenvalue weighted by Gasteiger charge is 2.22. The van der Waals surface area contributed by atoms with Crippen LogP contribution in [-0.4, -0.2) is 40.6 Å². The van der Waals surface area contributed by atoms with Crippen molar-refractivity contribution in [2.45, 2.75) is 13.8 Å². The quantitative estimate of drug-likeness (QED) is 0.917. The second-order valence-corrected chi connectivity index (χ2v) is 5.37. The second-order valence-electron chi connectivity index (χ2n) is 5.37. The van der Waals surface area contributed by atoms with Crippen LogP contribution in [0.15, 0.2) is 34.9 Å². The Morgan fingerprint density at radius 1 is 1.32 bits per heavy atom. The van der Waals surface area contributed by atoms with E-state index >= 15 is 0 Å². The number of carboxylic acid groups (broad SMARTS) is 1. The Morgan fingerprint density at radius 3 is 2.55 bits per heavy atom. The molecule has 0 spiro atoms. The molecular formula is C16H18N2O4. The molecule has 116 valence electrons. The average molecular weight is 302 g/mol. The van der Waals surface area contributed by atoms with Crippen LogP contribution in [0.25, 0.3) is 11.3 Å². The Labute approximate surface area is 128 Å². The molecule has 1 aromatic carbocycles. The largest absolute Gasteiger partial charge is 0.481 e. The van der Waals surface area contributed by atoms with E-state index in [2.05, 4.69) is 5.16 Å². The van der Waals surface area contributed by atoms with E-state index in [1.165, 1.54) is 11.9 Å². The summed E-state index contributed by atoms with van der Waals surface area (Å²) < 4.78 is 5.09. The van der Waals surface area contributed by atoms with E-state index in [1.54, 1.807) is 13.0 Å². The van der Waals surface area contributed by atoms with Crippen LogP contribution in [0.3, 0.4) is 0 Å². The van der Waals surface area contributed by atoms with Crippen LogP contribution in [0.4, 0.5) is 0 Å². The first-order valence-corrected chi connectivity index (χ1v) is 6.90. The molecule has 0 fully saturated rings. The second kappa shape index (κ2) is 6.43. The number of carbonyl (C=O) groups is 2. The van der Waals surface area contributed by atoms with Crippen molar-refractivity contribution in [3.8, 4) is 11.3 Å². The maximum atomic E-state index is 12.2. The van der Waals surface area contributed by atoms with Crippen LogP contribution >= 0.6 is 0 Å². The minimum Gasteiger partial charge on any atom is -0.481 e. The van der Waals surface area contributed by atoms with Crippen molar-refractivity contribution in [1.82, 2.24) is 10.1 Å². The summed E-state index contributed by atoms with van der Waals surface area (Å²) in [7, 11) is 1.54. The lowest BCUT2D eigenvalue weighted by atomic mass is 10.1. The monoisotopic (exact) mass is 302 g/mol. The van der Waals surface area contributed by atoms with Crippen molar-refractivity contribution < 1.29 is 19.2 Å². The summed E-state index contributed by atoms with van der Waals surface area (Å²) in [6.07, 6.45) is 0. The van der Waals surface area contributed by atoms with Gasteiger partial charge >= 0.3 is 5.97 Å². The molecule has 6 nitrogen and oxygen atoms in total. The summed E-state index contributed by atoms with van der Waals surface area (Å²) in [4.78, 5) is 24.4. The van der Waals surface area contributed by atoms with Gasteiger partial charge in [-0.05, 0) is 6.92 Å². The lowest BCUT2D eigenvalue weighted by molar-refractivity contribution is -0.141. The van der Waals surface area contributed by atoms with Gasteiger partial charge in [-0.1, -0.05) is 41.9 Å². The van der Waals surface area contributed by atoms with E-state index in [0.29, 0.717) is 5.69 Å². The van der Waals surface area contributed by atoms with Gasteiger partial charge in [0.2, 0.25) is 5.76 Å². The predicted molar refractivity (Wildman–Crippen MR) is 80.4 cm³/mol. The molecule has 1 aromatic heterocycles. The third-order valence-electron chi connectivity index (χ3n) is 3.38. The Bertz CT molecular complexity index is 676. The van der Waals surface area contributed by atoms with Crippen LogP contribution in [0.5, 0.6) is 0 Å². The first kappa shape index (κ1) is 15.8. The zero-order valence-corrected chi connectivity index (χ0v) is 12.7. The maximum absolute atomic E-state index is 12.2. The summed E-state index contributed by atoms with van der Waals surface area (Å²) >= 11 is 0. The Balaban J connectivity index is 2.12. The van der Waals surface area contributed by atoms with Gasteiger partial charge in [-0.2, -0.15) is 0 Å². The number of aromatic nitrogens is 1. The lowest BCUT2D eigenvalue weighted by Gasteiger charge is -2.17. The summed E-state index contributed by atoms with van der Waals surface area (Å²) in [5, 5.41) is 12.8. The molecule has 0 radical (unpaired) electrons. The van der Waals surface area contributed by atoms with E-state index in [0.717, 1.165) is 11.1 Å². The highest BCUT2D eigenvalue weighted by molar-refractivity contribution is 5.92. The number of rotatable bonds is 5. The van der Waals surface area contributed by atoms with Crippen LogP contribution in [0.1, 0.15) is 23.0 Å². The van der Waals surface area contributed by atoms with Gasteiger partial charge in [0.25, 0.3) is 5.91 Å². The fourth-order valence-electron chi connectivity index (χ4n) is 2.00. The van der Waals surface area contributed by atoms with Gasteiger partial charge < -0.3 is 14.5 Å². The highest BCUT2D eigenvalue weighted by Crippen LogP contribution is 2.20. The average Bonchev–Trinajstić information content (AvgIpc) is 2.96. The number of carbonyl (C=O) groups excluding carboxylic acids is 1. The highest BCUT2D eigenvalue weighted by atomic mass is 16.5. The van der Waals surface area contributed by atoms with Crippen molar-refractivity contribution in [2.24, 2.45) is 5.92 Å². The fourth-order valence-corrected chi connectivity index (χ4v) is 2.00. The molecule has 1 unspecified atom stereocenters. The number of hydrogen-bond donors (Lipinski definition) is 1. The van der Waals surface area contributed by atoms with E-state index < -0.39 is 11.9 Å². The van der Waals surface area contributed by atoms with Gasteiger partial charge in [0, 0.05) is 25.2 Å². The Morgan fingerprint density at radius 2 is 1.95 bits per heavy atom. The molecule has 2 rings (SSSR count). The molecule has 1 heterocycles. The number of hydrogen-bond acceptors (Lipinski definition) is 4. The van der Waals surface area contributed by atoms with Crippen molar-refractivity contribution >= 4 is 11.9 Å². The van der Waals surface area contributed by atoms with Crippen LogP contribution in [0.2, 0.25) is 0 Å². The van der Waals surface area contributed by atoms with E-state index in [-0.39, 0.29) is 18.2 Å². The molecule has 0 saturated carbocycles. The predicted octanol–water partition coefficient (Wildman–Crippen LogP) is 2.44. The normalized spacial score (nSPS) is 12.0. The molecule has 6 heteroatoms. The third kappa shape index (κ3) is 3.52. The topological polar surface area (TPSA) is 83.6 Å². The van der Waals surface area contributed by atoms with E-state index in [1.807, 2.05) is 31.2 Å². The van der Waals surface area contributed by atoms with Crippen molar-refractivity contribution in [3.63, 3.8) is 0 Å². The van der Waals surface area contributed by atoms with E-state index in [9.17, 15) is 9.59 Å². The Hall–Kier alpha value is -2.63. The minimum absolute atomic E-state index is 0.0932. The summed E-state index contributed by atoms with van der Waals surface area (Å²) in [6, 6.07) is 9.27. The molecule has 0 aliphatic rings. The van der Waals surface area contributed by atoms with Crippen molar-refractivity contribution in [3.05, 3.63) is 41.7 Å². The zero-order chi connectivity index (χ0) is 16.3. The summed E-state index contributed by atoms with van der Waals surface area (Å²) in [5.41, 5.74) is 2.56. The zero-order valence-electron chi connectivity index (χ0n) is 12.7. The number of aliphatic carboxylic acids is 1. The molecule has 0 bridgehead atoms. The molecule has 2 aromatic rings. The lowest BCUT2D eigenvalue weighted by Crippen LogP contribution is -2.33. The smallest absolute Gasteiger partial charge is 0.308 e. The molecule has 0 aliphatic carbocycles. The molecule has 1 atom stereocenters. The van der Waals surface area contributed by atoms with Gasteiger partial charge in [-0.3, -0.25) is 9.59 Å². The molecule has 0 saturated heterocycles. The maximum Gasteiger partial charge on any atom is 0.308 e. The molecule has 0 aliphatic heterocycles. The van der Waals surface area contributed by atoms with E-state index in [4.69, 9.17) is 9.63 Å². The SMILES string of the molecule is Cc1ccc(-c2cc(C(=O)N(C)CC(C)C(=O)O)on2)cc1. The number of carboxylic acids is 1. The molecule has 22 heavy (non-hydrogen) atoms. The van der Waals surface area contributed by atoms with Gasteiger partial charge in [0.1, 0.15) is 5.69 Å². The molecule has 1 amide bonds. The number of aryl methyl sites for hydroxylation is 1. The number of amides is 1. The van der Waals surface area contributed by atoms with Crippen LogP contribution in [-0.2, 0) is 4.79 Å².